The third-order valence-electron chi connectivity index (χ3n) is 6.31. The summed E-state index contributed by atoms with van der Waals surface area (Å²) in [6, 6.07) is 6.01. The Morgan fingerprint density at radius 2 is 2.03 bits per heavy atom. The van der Waals surface area contributed by atoms with Crippen LogP contribution in [0.3, 0.4) is 0 Å². The molecular formula is C22H32N2O5. The Morgan fingerprint density at radius 3 is 2.93 bits per heavy atom. The molecule has 0 radical (unpaired) electrons. The molecule has 3 aliphatic heterocycles. The summed E-state index contributed by atoms with van der Waals surface area (Å²) >= 11 is 0. The van der Waals surface area contributed by atoms with Gasteiger partial charge >= 0.3 is 0 Å². The highest BCUT2D eigenvalue weighted by Gasteiger charge is 2.34. The predicted octanol–water partition coefficient (Wildman–Crippen LogP) is 2.53. The van der Waals surface area contributed by atoms with Gasteiger partial charge in [0.1, 0.15) is 5.75 Å². The second-order valence-corrected chi connectivity index (χ2v) is 8.14. The lowest BCUT2D eigenvalue weighted by Crippen LogP contribution is -2.52. The van der Waals surface area contributed by atoms with E-state index in [0.717, 1.165) is 6.54 Å². The SMILES string of the molecule is COCCN(C[C@H]1CCCN2CCCC[C@H]12)C(=O)COc1ccc2c(c1)OCO2. The first-order valence-corrected chi connectivity index (χ1v) is 10.8. The van der Waals surface area contributed by atoms with Crippen molar-refractivity contribution in [3.63, 3.8) is 0 Å². The predicted molar refractivity (Wildman–Crippen MR) is 108 cm³/mol. The Bertz CT molecular complexity index is 696. The lowest BCUT2D eigenvalue weighted by atomic mass is 9.83. The van der Waals surface area contributed by atoms with Crippen LogP contribution in [0, 0.1) is 5.92 Å². The van der Waals surface area contributed by atoms with Crippen molar-refractivity contribution in [2.75, 3.05) is 53.3 Å². The summed E-state index contributed by atoms with van der Waals surface area (Å²) < 4.78 is 21.7. The summed E-state index contributed by atoms with van der Waals surface area (Å²) in [5, 5.41) is 0. The summed E-state index contributed by atoms with van der Waals surface area (Å²) in [7, 11) is 1.68. The van der Waals surface area contributed by atoms with E-state index in [2.05, 4.69) is 4.90 Å². The summed E-state index contributed by atoms with van der Waals surface area (Å²) in [5.74, 6) is 2.53. The summed E-state index contributed by atoms with van der Waals surface area (Å²) in [6.45, 7) is 4.58. The Labute approximate surface area is 172 Å². The monoisotopic (exact) mass is 404 g/mol. The molecule has 2 atom stereocenters. The van der Waals surface area contributed by atoms with Crippen LogP contribution < -0.4 is 14.2 Å². The van der Waals surface area contributed by atoms with Crippen molar-refractivity contribution in [3.8, 4) is 17.2 Å². The number of fused-ring (bicyclic) bond motifs is 2. The van der Waals surface area contributed by atoms with Crippen molar-refractivity contribution >= 4 is 5.91 Å². The van der Waals surface area contributed by atoms with Crippen LogP contribution in [0.25, 0.3) is 0 Å². The first-order chi connectivity index (χ1) is 14.2. The van der Waals surface area contributed by atoms with Gasteiger partial charge in [0.2, 0.25) is 6.79 Å². The van der Waals surface area contributed by atoms with Crippen LogP contribution in [0.4, 0.5) is 0 Å². The summed E-state index contributed by atoms with van der Waals surface area (Å²) in [5.41, 5.74) is 0. The zero-order valence-electron chi connectivity index (χ0n) is 17.3. The van der Waals surface area contributed by atoms with Gasteiger partial charge in [-0.15, -0.1) is 0 Å². The van der Waals surface area contributed by atoms with Crippen LogP contribution in [-0.2, 0) is 9.53 Å². The van der Waals surface area contributed by atoms with E-state index in [1.54, 1.807) is 19.2 Å². The van der Waals surface area contributed by atoms with Gasteiger partial charge in [0.15, 0.2) is 18.1 Å². The average molecular weight is 405 g/mol. The van der Waals surface area contributed by atoms with Crippen LogP contribution in [0.2, 0.25) is 0 Å². The molecule has 1 aromatic rings. The first kappa shape index (κ1) is 20.3. The van der Waals surface area contributed by atoms with Gasteiger partial charge in [-0.3, -0.25) is 4.79 Å². The number of piperidine rings is 2. The van der Waals surface area contributed by atoms with Gasteiger partial charge in [-0.25, -0.2) is 0 Å². The zero-order chi connectivity index (χ0) is 20.1. The van der Waals surface area contributed by atoms with Gasteiger partial charge < -0.3 is 28.7 Å². The number of ether oxygens (including phenoxy) is 4. The third kappa shape index (κ3) is 4.95. The maximum atomic E-state index is 13.0. The van der Waals surface area contributed by atoms with E-state index in [4.69, 9.17) is 18.9 Å². The molecule has 160 valence electrons. The fourth-order valence-electron chi connectivity index (χ4n) is 4.80. The van der Waals surface area contributed by atoms with Crippen LogP contribution >= 0.6 is 0 Å². The minimum Gasteiger partial charge on any atom is -0.484 e. The van der Waals surface area contributed by atoms with Crippen LogP contribution in [-0.4, -0.2) is 75.0 Å². The van der Waals surface area contributed by atoms with E-state index in [0.29, 0.717) is 42.4 Å². The van der Waals surface area contributed by atoms with Gasteiger partial charge in [-0.2, -0.15) is 0 Å². The highest BCUT2D eigenvalue weighted by Crippen LogP contribution is 2.35. The summed E-state index contributed by atoms with van der Waals surface area (Å²) in [4.78, 5) is 17.5. The lowest BCUT2D eigenvalue weighted by Gasteiger charge is -2.45. The standard InChI is InChI=1S/C22H32N2O5/c1-26-12-11-24(14-17-5-4-10-23-9-3-2-6-19(17)23)22(25)15-27-18-7-8-20-21(13-18)29-16-28-20/h7-8,13,17,19H,2-6,9-12,14-16H2,1H3/t17-,19-/m1/s1. The topological polar surface area (TPSA) is 60.5 Å². The van der Waals surface area contributed by atoms with E-state index in [-0.39, 0.29) is 19.3 Å². The van der Waals surface area contributed by atoms with Gasteiger partial charge in [-0.05, 0) is 56.8 Å². The fourth-order valence-corrected chi connectivity index (χ4v) is 4.80. The average Bonchev–Trinajstić information content (AvgIpc) is 3.23. The number of amides is 1. The normalized spacial score (nSPS) is 23.5. The van der Waals surface area contributed by atoms with Crippen molar-refractivity contribution in [3.05, 3.63) is 18.2 Å². The van der Waals surface area contributed by atoms with Crippen LogP contribution in [0.1, 0.15) is 32.1 Å². The number of carbonyl (C=O) groups excluding carboxylic acids is 1. The second kappa shape index (κ2) is 9.67. The molecule has 0 N–H and O–H groups in total. The Balaban J connectivity index is 1.35. The number of benzene rings is 1. The molecule has 0 bridgehead atoms. The molecule has 2 fully saturated rings. The van der Waals surface area contributed by atoms with E-state index in [1.807, 2.05) is 11.0 Å². The third-order valence-corrected chi connectivity index (χ3v) is 6.31. The molecule has 7 heteroatoms. The Morgan fingerprint density at radius 1 is 1.17 bits per heavy atom. The number of nitrogens with zero attached hydrogens (tertiary/aromatic N) is 2. The highest BCUT2D eigenvalue weighted by molar-refractivity contribution is 5.77. The molecule has 1 amide bonds. The first-order valence-electron chi connectivity index (χ1n) is 10.8. The number of rotatable bonds is 8. The molecule has 7 nitrogen and oxygen atoms in total. The quantitative estimate of drug-likeness (QED) is 0.664. The Kier molecular flexibility index (Phi) is 6.77. The maximum absolute atomic E-state index is 13.0. The van der Waals surface area contributed by atoms with Crippen molar-refractivity contribution in [2.45, 2.75) is 38.1 Å². The van der Waals surface area contributed by atoms with Gasteiger partial charge in [0.25, 0.3) is 5.91 Å². The molecule has 0 saturated carbocycles. The lowest BCUT2D eigenvalue weighted by molar-refractivity contribution is -0.135. The van der Waals surface area contributed by atoms with Crippen LogP contribution in [0.5, 0.6) is 17.2 Å². The molecule has 1 aromatic carbocycles. The molecule has 0 spiro atoms. The Hall–Kier alpha value is -1.99. The molecule has 4 rings (SSSR count). The largest absolute Gasteiger partial charge is 0.484 e. The summed E-state index contributed by atoms with van der Waals surface area (Å²) in [6.07, 6.45) is 6.28. The van der Waals surface area contributed by atoms with Gasteiger partial charge in [-0.1, -0.05) is 6.42 Å². The molecule has 2 saturated heterocycles. The highest BCUT2D eigenvalue weighted by atomic mass is 16.7. The molecule has 0 unspecified atom stereocenters. The van der Waals surface area contributed by atoms with E-state index in [9.17, 15) is 4.79 Å². The molecule has 3 heterocycles. The van der Waals surface area contributed by atoms with E-state index >= 15 is 0 Å². The van der Waals surface area contributed by atoms with Gasteiger partial charge in [0.05, 0.1) is 6.61 Å². The molecular weight excluding hydrogens is 372 g/mol. The van der Waals surface area contributed by atoms with Crippen molar-refractivity contribution in [2.24, 2.45) is 5.92 Å². The number of carbonyl (C=O) groups is 1. The zero-order valence-corrected chi connectivity index (χ0v) is 17.3. The van der Waals surface area contributed by atoms with E-state index in [1.165, 1.54) is 45.2 Å². The fraction of sp³-hybridized carbons (Fsp3) is 0.682. The van der Waals surface area contributed by atoms with E-state index < -0.39 is 0 Å². The smallest absolute Gasteiger partial charge is 0.260 e. The minimum absolute atomic E-state index is 0.00708. The van der Waals surface area contributed by atoms with Crippen LogP contribution in [0.15, 0.2) is 18.2 Å². The number of hydrogen-bond donors (Lipinski definition) is 0. The number of methoxy groups -OCH3 is 1. The number of hydrogen-bond acceptors (Lipinski definition) is 6. The van der Waals surface area contributed by atoms with Crippen molar-refractivity contribution in [1.82, 2.24) is 9.80 Å². The molecule has 0 aromatic heterocycles. The van der Waals surface area contributed by atoms with Crippen molar-refractivity contribution in [1.29, 1.82) is 0 Å². The van der Waals surface area contributed by atoms with Gasteiger partial charge in [0, 0.05) is 32.3 Å². The molecule has 3 aliphatic rings. The second-order valence-electron chi connectivity index (χ2n) is 8.14. The molecule has 0 aliphatic carbocycles. The minimum atomic E-state index is 0.00708. The maximum Gasteiger partial charge on any atom is 0.260 e. The van der Waals surface area contributed by atoms with Crippen molar-refractivity contribution < 1.29 is 23.7 Å². The molecule has 29 heavy (non-hydrogen) atoms.